The molecule has 30 heavy (non-hydrogen) atoms. The van der Waals surface area contributed by atoms with E-state index in [4.69, 9.17) is 4.74 Å². The second-order valence-corrected chi connectivity index (χ2v) is 6.92. The lowest BCUT2D eigenvalue weighted by molar-refractivity contribution is -0.143. The number of nitriles is 1. The van der Waals surface area contributed by atoms with Gasteiger partial charge in [0.15, 0.2) is 29.1 Å². The van der Waals surface area contributed by atoms with E-state index < -0.39 is 63.8 Å². The zero-order chi connectivity index (χ0) is 23.2. The van der Waals surface area contributed by atoms with E-state index in [9.17, 15) is 40.8 Å². The summed E-state index contributed by atoms with van der Waals surface area (Å²) in [6.07, 6.45) is -6.18. The standard InChI is InChI=1S/C17H13F7N4O2/c1-16(2,3)30-15(29)27(4)14-7(5-25)6-26-28(14)13-11(20)9(18)8(17(22,23)24)10(19)12(13)21/h6H,1-4H3. The molecule has 0 radical (unpaired) electrons. The molecule has 1 aromatic heterocycles. The molecule has 0 N–H and O–H groups in total. The zero-order valence-corrected chi connectivity index (χ0v) is 15.8. The van der Waals surface area contributed by atoms with Crippen molar-refractivity contribution >= 4 is 11.9 Å². The first-order chi connectivity index (χ1) is 13.6. The minimum Gasteiger partial charge on any atom is -0.443 e. The Bertz CT molecular complexity index is 1020. The van der Waals surface area contributed by atoms with Crippen LogP contribution in [0.5, 0.6) is 0 Å². The molecule has 0 fully saturated rings. The van der Waals surface area contributed by atoms with E-state index in [2.05, 4.69) is 5.10 Å². The number of carbonyl (C=O) groups is 1. The lowest BCUT2D eigenvalue weighted by atomic mass is 10.1. The lowest BCUT2D eigenvalue weighted by Crippen LogP contribution is -2.35. The Balaban J connectivity index is 2.78. The SMILES string of the molecule is CN(C(=O)OC(C)(C)C)c1c(C#N)cnn1-c1c(F)c(F)c(C(F)(F)F)c(F)c1F. The third-order valence-corrected chi connectivity index (χ3v) is 3.58. The molecule has 6 nitrogen and oxygen atoms in total. The predicted molar refractivity (Wildman–Crippen MR) is 87.8 cm³/mol. The van der Waals surface area contributed by atoms with Gasteiger partial charge in [-0.1, -0.05) is 0 Å². The van der Waals surface area contributed by atoms with Gasteiger partial charge in [0.1, 0.15) is 28.5 Å². The molecular formula is C17H13F7N4O2. The monoisotopic (exact) mass is 438 g/mol. The van der Waals surface area contributed by atoms with Crippen molar-refractivity contribution in [2.24, 2.45) is 0 Å². The van der Waals surface area contributed by atoms with Gasteiger partial charge in [0.2, 0.25) is 0 Å². The van der Waals surface area contributed by atoms with Crippen molar-refractivity contribution in [2.75, 3.05) is 11.9 Å². The second kappa shape index (κ2) is 7.51. The average molecular weight is 438 g/mol. The number of carbonyl (C=O) groups excluding carboxylic acids is 1. The molecular weight excluding hydrogens is 425 g/mol. The zero-order valence-electron chi connectivity index (χ0n) is 15.8. The van der Waals surface area contributed by atoms with Crippen molar-refractivity contribution in [3.8, 4) is 11.8 Å². The fourth-order valence-corrected chi connectivity index (χ4v) is 2.38. The summed E-state index contributed by atoms with van der Waals surface area (Å²) in [6, 6.07) is 1.54. The van der Waals surface area contributed by atoms with Gasteiger partial charge in [-0.25, -0.2) is 27.0 Å². The molecule has 0 unspecified atom stereocenters. The summed E-state index contributed by atoms with van der Waals surface area (Å²) in [7, 11) is 0.995. The largest absolute Gasteiger partial charge is 0.443 e. The van der Waals surface area contributed by atoms with Gasteiger partial charge in [0.05, 0.1) is 6.20 Å². The molecule has 0 spiro atoms. The number of alkyl halides is 3. The number of rotatable bonds is 2. The van der Waals surface area contributed by atoms with E-state index in [0.29, 0.717) is 11.1 Å². The molecule has 0 bridgehead atoms. The predicted octanol–water partition coefficient (Wildman–Crippen LogP) is 4.69. The Morgan fingerprint density at radius 3 is 2.00 bits per heavy atom. The fraction of sp³-hybridized carbons (Fsp3) is 0.353. The highest BCUT2D eigenvalue weighted by atomic mass is 19.4. The van der Waals surface area contributed by atoms with Gasteiger partial charge in [-0.15, -0.1) is 0 Å². The summed E-state index contributed by atoms with van der Waals surface area (Å²) >= 11 is 0. The molecule has 1 heterocycles. The Labute approximate surface area is 165 Å². The van der Waals surface area contributed by atoms with Gasteiger partial charge in [-0.05, 0) is 20.8 Å². The first-order valence-electron chi connectivity index (χ1n) is 8.00. The molecule has 0 atom stereocenters. The molecule has 0 saturated heterocycles. The Hall–Kier alpha value is -3.30. The van der Waals surface area contributed by atoms with Gasteiger partial charge in [-0.2, -0.15) is 23.5 Å². The van der Waals surface area contributed by atoms with Crippen LogP contribution in [0, 0.1) is 34.6 Å². The molecule has 0 aliphatic rings. The summed E-state index contributed by atoms with van der Waals surface area (Å²) < 4.78 is 100. The molecule has 2 rings (SSSR count). The van der Waals surface area contributed by atoms with Crippen molar-refractivity contribution < 1.29 is 40.3 Å². The van der Waals surface area contributed by atoms with Crippen LogP contribution in [0.25, 0.3) is 5.69 Å². The smallest absolute Gasteiger partial charge is 0.422 e. The Morgan fingerprint density at radius 2 is 1.60 bits per heavy atom. The normalized spacial score (nSPS) is 11.9. The van der Waals surface area contributed by atoms with Crippen LogP contribution in [0.2, 0.25) is 0 Å². The van der Waals surface area contributed by atoms with Gasteiger partial charge in [-0.3, -0.25) is 4.90 Å². The van der Waals surface area contributed by atoms with Crippen LogP contribution < -0.4 is 4.90 Å². The maximum absolute atomic E-state index is 14.4. The van der Waals surface area contributed by atoms with E-state index in [1.807, 2.05) is 0 Å². The topological polar surface area (TPSA) is 71.2 Å². The number of anilines is 1. The number of amides is 1. The molecule has 1 aromatic carbocycles. The molecule has 0 aliphatic carbocycles. The number of hydrogen-bond acceptors (Lipinski definition) is 4. The number of aromatic nitrogens is 2. The van der Waals surface area contributed by atoms with Crippen molar-refractivity contribution in [1.82, 2.24) is 9.78 Å². The van der Waals surface area contributed by atoms with Gasteiger partial charge in [0, 0.05) is 7.05 Å². The first-order valence-corrected chi connectivity index (χ1v) is 8.00. The lowest BCUT2D eigenvalue weighted by Gasteiger charge is -2.25. The summed E-state index contributed by atoms with van der Waals surface area (Å²) in [5, 5.41) is 12.6. The highest BCUT2D eigenvalue weighted by molar-refractivity contribution is 5.88. The second-order valence-electron chi connectivity index (χ2n) is 6.92. The quantitative estimate of drug-likeness (QED) is 0.504. The molecule has 162 valence electrons. The van der Waals surface area contributed by atoms with E-state index in [1.165, 1.54) is 20.8 Å². The van der Waals surface area contributed by atoms with E-state index in [-0.39, 0.29) is 4.68 Å². The van der Waals surface area contributed by atoms with E-state index in [0.717, 1.165) is 7.05 Å². The third-order valence-electron chi connectivity index (χ3n) is 3.58. The van der Waals surface area contributed by atoms with Crippen molar-refractivity contribution in [2.45, 2.75) is 32.5 Å². The summed E-state index contributed by atoms with van der Waals surface area (Å²) in [6.45, 7) is 4.46. The first kappa shape index (κ1) is 23.0. The Kier molecular flexibility index (Phi) is 5.75. The summed E-state index contributed by atoms with van der Waals surface area (Å²) in [5.74, 6) is -11.0. The van der Waals surface area contributed by atoms with Crippen LogP contribution in [0.4, 0.5) is 41.3 Å². The van der Waals surface area contributed by atoms with Gasteiger partial charge >= 0.3 is 12.3 Å². The highest BCUT2D eigenvalue weighted by Gasteiger charge is 2.43. The average Bonchev–Trinajstić information content (AvgIpc) is 3.00. The summed E-state index contributed by atoms with van der Waals surface area (Å²) in [4.78, 5) is 12.8. The van der Waals surface area contributed by atoms with Crippen LogP contribution in [0.1, 0.15) is 31.9 Å². The number of benzene rings is 1. The van der Waals surface area contributed by atoms with Gasteiger partial charge in [0.25, 0.3) is 0 Å². The van der Waals surface area contributed by atoms with Crippen molar-refractivity contribution in [1.29, 1.82) is 5.26 Å². The number of nitrogens with zero attached hydrogens (tertiary/aromatic N) is 4. The number of halogens is 7. The van der Waals surface area contributed by atoms with Crippen LogP contribution in [0.3, 0.4) is 0 Å². The highest BCUT2D eigenvalue weighted by Crippen LogP contribution is 2.39. The Morgan fingerprint density at radius 1 is 1.10 bits per heavy atom. The van der Waals surface area contributed by atoms with E-state index >= 15 is 0 Å². The van der Waals surface area contributed by atoms with Crippen LogP contribution >= 0.6 is 0 Å². The minimum atomic E-state index is -5.73. The number of ether oxygens (including phenoxy) is 1. The summed E-state index contributed by atoms with van der Waals surface area (Å²) in [5.41, 5.74) is -5.98. The molecule has 2 aromatic rings. The maximum Gasteiger partial charge on any atom is 0.422 e. The minimum absolute atomic E-state index is 0.0967. The molecule has 1 amide bonds. The van der Waals surface area contributed by atoms with Gasteiger partial charge < -0.3 is 4.74 Å². The molecule has 13 heteroatoms. The maximum atomic E-state index is 14.4. The van der Waals surface area contributed by atoms with Crippen LogP contribution in [0.15, 0.2) is 6.20 Å². The van der Waals surface area contributed by atoms with Crippen molar-refractivity contribution in [3.63, 3.8) is 0 Å². The van der Waals surface area contributed by atoms with Crippen LogP contribution in [-0.4, -0.2) is 28.5 Å². The molecule has 0 saturated carbocycles. The third kappa shape index (κ3) is 4.03. The fourth-order valence-electron chi connectivity index (χ4n) is 2.38. The van der Waals surface area contributed by atoms with E-state index in [1.54, 1.807) is 6.07 Å². The van der Waals surface area contributed by atoms with Crippen LogP contribution in [-0.2, 0) is 10.9 Å². The number of hydrogen-bond donors (Lipinski definition) is 0. The molecule has 0 aliphatic heterocycles. The van der Waals surface area contributed by atoms with Crippen molar-refractivity contribution in [3.05, 3.63) is 40.6 Å².